The van der Waals surface area contributed by atoms with E-state index in [0.29, 0.717) is 17.6 Å². The molecule has 2 aliphatic heterocycles. The Morgan fingerprint density at radius 3 is 2.58 bits per heavy atom. The van der Waals surface area contributed by atoms with Crippen molar-refractivity contribution >= 4 is 11.5 Å². The van der Waals surface area contributed by atoms with Crippen LogP contribution in [0.1, 0.15) is 31.2 Å². The molecule has 3 rings (SSSR count). The summed E-state index contributed by atoms with van der Waals surface area (Å²) in [6, 6.07) is 2.44. The standard InChI is InChI=1S/C13H17N3O3/c1-8-4-13(14-7-12(8)16(18)19)15-9-2-3-10(15)6-11(17)5-9/h4,7,9-11,17H,2-3,5-6H2,1H3. The number of nitrogens with zero attached hydrogens (tertiary/aromatic N) is 3. The number of nitro groups is 1. The summed E-state index contributed by atoms with van der Waals surface area (Å²) in [6.45, 7) is 1.74. The number of hydrogen-bond acceptors (Lipinski definition) is 5. The second-order valence-electron chi connectivity index (χ2n) is 5.50. The summed E-state index contributed by atoms with van der Waals surface area (Å²) in [5.74, 6) is 0.808. The van der Waals surface area contributed by atoms with Crippen molar-refractivity contribution in [2.45, 2.75) is 50.8 Å². The van der Waals surface area contributed by atoms with Crippen LogP contribution >= 0.6 is 0 Å². The van der Waals surface area contributed by atoms with Crippen molar-refractivity contribution in [3.8, 4) is 0 Å². The summed E-state index contributed by atoms with van der Waals surface area (Å²) in [4.78, 5) is 16.9. The molecule has 2 atom stereocenters. The number of aryl methyl sites for hydroxylation is 1. The smallest absolute Gasteiger partial charge is 0.290 e. The number of hydrogen-bond donors (Lipinski definition) is 1. The highest BCUT2D eigenvalue weighted by Crippen LogP contribution is 2.39. The predicted molar refractivity (Wildman–Crippen MR) is 70.2 cm³/mol. The average molecular weight is 263 g/mol. The Hall–Kier alpha value is -1.69. The van der Waals surface area contributed by atoms with Crippen LogP contribution in [0.15, 0.2) is 12.3 Å². The molecule has 2 saturated heterocycles. The summed E-state index contributed by atoms with van der Waals surface area (Å²) in [6.07, 6.45) is 4.81. The van der Waals surface area contributed by atoms with Crippen LogP contribution in [0.4, 0.5) is 11.5 Å². The highest BCUT2D eigenvalue weighted by atomic mass is 16.6. The Morgan fingerprint density at radius 1 is 1.42 bits per heavy atom. The third-order valence-corrected chi connectivity index (χ3v) is 4.24. The summed E-state index contributed by atoms with van der Waals surface area (Å²) in [7, 11) is 0. The Morgan fingerprint density at radius 2 is 2.05 bits per heavy atom. The lowest BCUT2D eigenvalue weighted by molar-refractivity contribution is -0.385. The summed E-state index contributed by atoms with van der Waals surface area (Å²) < 4.78 is 0. The van der Waals surface area contributed by atoms with Crippen LogP contribution in [0.2, 0.25) is 0 Å². The van der Waals surface area contributed by atoms with Crippen molar-refractivity contribution in [3.63, 3.8) is 0 Å². The number of rotatable bonds is 2. The van der Waals surface area contributed by atoms with Gasteiger partial charge in [-0.1, -0.05) is 0 Å². The first-order valence-corrected chi connectivity index (χ1v) is 6.63. The zero-order valence-corrected chi connectivity index (χ0v) is 10.8. The molecule has 19 heavy (non-hydrogen) atoms. The van der Waals surface area contributed by atoms with Crippen molar-refractivity contribution in [1.29, 1.82) is 0 Å². The monoisotopic (exact) mass is 263 g/mol. The average Bonchev–Trinajstić information content (AvgIpc) is 2.61. The highest BCUT2D eigenvalue weighted by Gasteiger charge is 2.41. The van der Waals surface area contributed by atoms with Gasteiger partial charge >= 0.3 is 0 Å². The van der Waals surface area contributed by atoms with Crippen molar-refractivity contribution < 1.29 is 10.0 Å². The van der Waals surface area contributed by atoms with Crippen LogP contribution in [0.3, 0.4) is 0 Å². The molecule has 0 amide bonds. The van der Waals surface area contributed by atoms with E-state index in [1.54, 1.807) is 13.0 Å². The third kappa shape index (κ3) is 2.06. The molecule has 2 fully saturated rings. The van der Waals surface area contributed by atoms with E-state index >= 15 is 0 Å². The molecule has 0 aliphatic carbocycles. The van der Waals surface area contributed by atoms with E-state index in [0.717, 1.165) is 31.5 Å². The number of anilines is 1. The van der Waals surface area contributed by atoms with Gasteiger partial charge in [0.05, 0.1) is 11.0 Å². The van der Waals surface area contributed by atoms with E-state index in [-0.39, 0.29) is 11.8 Å². The Balaban J connectivity index is 1.91. The lowest BCUT2D eigenvalue weighted by Gasteiger charge is -2.38. The van der Waals surface area contributed by atoms with Gasteiger partial charge in [0.2, 0.25) is 0 Å². The molecule has 6 heteroatoms. The maximum atomic E-state index is 10.8. The molecule has 0 spiro atoms. The third-order valence-electron chi connectivity index (χ3n) is 4.24. The number of piperidine rings is 1. The minimum Gasteiger partial charge on any atom is -0.393 e. The second kappa shape index (κ2) is 4.45. The maximum absolute atomic E-state index is 10.8. The topological polar surface area (TPSA) is 79.5 Å². The van der Waals surface area contributed by atoms with Crippen molar-refractivity contribution in [3.05, 3.63) is 27.9 Å². The van der Waals surface area contributed by atoms with Gasteiger partial charge < -0.3 is 10.0 Å². The second-order valence-corrected chi connectivity index (χ2v) is 5.50. The lowest BCUT2D eigenvalue weighted by atomic mass is 10.00. The minimum absolute atomic E-state index is 0.0631. The van der Waals surface area contributed by atoms with E-state index in [1.807, 2.05) is 0 Å². The molecule has 2 aliphatic rings. The summed E-state index contributed by atoms with van der Waals surface area (Å²) >= 11 is 0. The molecule has 1 N–H and O–H groups in total. The van der Waals surface area contributed by atoms with Crippen molar-refractivity contribution in [2.75, 3.05) is 4.90 Å². The number of fused-ring (bicyclic) bond motifs is 2. The van der Waals surface area contributed by atoms with Gasteiger partial charge in [0.25, 0.3) is 5.69 Å². The molecule has 0 aromatic carbocycles. The maximum Gasteiger partial charge on any atom is 0.290 e. The van der Waals surface area contributed by atoms with Gasteiger partial charge in [-0.25, -0.2) is 4.98 Å². The molecule has 1 aromatic heterocycles. The number of pyridine rings is 1. The van der Waals surface area contributed by atoms with E-state index in [1.165, 1.54) is 6.20 Å². The van der Waals surface area contributed by atoms with Crippen LogP contribution in [0.25, 0.3) is 0 Å². The van der Waals surface area contributed by atoms with Gasteiger partial charge in [-0.15, -0.1) is 0 Å². The normalized spacial score (nSPS) is 29.6. The number of aromatic nitrogens is 1. The van der Waals surface area contributed by atoms with Crippen molar-refractivity contribution in [2.24, 2.45) is 0 Å². The summed E-state index contributed by atoms with van der Waals surface area (Å²) in [5.41, 5.74) is 0.702. The van der Waals surface area contributed by atoms with Crippen LogP contribution < -0.4 is 4.90 Å². The van der Waals surface area contributed by atoms with Crippen LogP contribution in [-0.4, -0.2) is 33.2 Å². The first kappa shape index (κ1) is 12.3. The van der Waals surface area contributed by atoms with Crippen LogP contribution in [0.5, 0.6) is 0 Å². The Bertz CT molecular complexity index is 506. The minimum atomic E-state index is -0.402. The van der Waals surface area contributed by atoms with E-state index in [9.17, 15) is 15.2 Å². The molecule has 6 nitrogen and oxygen atoms in total. The van der Waals surface area contributed by atoms with E-state index in [2.05, 4.69) is 9.88 Å². The van der Waals surface area contributed by atoms with Crippen molar-refractivity contribution in [1.82, 2.24) is 4.98 Å². The molecule has 102 valence electrons. The van der Waals surface area contributed by atoms with Gasteiger partial charge in [-0.2, -0.15) is 0 Å². The lowest BCUT2D eigenvalue weighted by Crippen LogP contribution is -2.45. The zero-order chi connectivity index (χ0) is 13.6. The fourth-order valence-corrected chi connectivity index (χ4v) is 3.39. The van der Waals surface area contributed by atoms with E-state index < -0.39 is 4.92 Å². The SMILES string of the molecule is Cc1cc(N2C3CCC2CC(O)C3)ncc1[N+](=O)[O-]. The summed E-state index contributed by atoms with van der Waals surface area (Å²) in [5, 5.41) is 20.6. The highest BCUT2D eigenvalue weighted by molar-refractivity contribution is 5.51. The van der Waals surface area contributed by atoms with E-state index in [4.69, 9.17) is 0 Å². The molecule has 2 bridgehead atoms. The fraction of sp³-hybridized carbons (Fsp3) is 0.615. The van der Waals surface area contributed by atoms with Gasteiger partial charge in [0, 0.05) is 17.6 Å². The quantitative estimate of drug-likeness (QED) is 0.650. The van der Waals surface area contributed by atoms with Gasteiger partial charge in [0.15, 0.2) is 0 Å². The number of aliphatic hydroxyl groups is 1. The Labute approximate surface area is 111 Å². The molecule has 2 unspecified atom stereocenters. The first-order valence-electron chi connectivity index (χ1n) is 6.63. The fourth-order valence-electron chi connectivity index (χ4n) is 3.39. The van der Waals surface area contributed by atoms with Gasteiger partial charge in [-0.3, -0.25) is 10.1 Å². The first-order chi connectivity index (χ1) is 9.06. The van der Waals surface area contributed by atoms with Gasteiger partial charge in [-0.05, 0) is 38.7 Å². The van der Waals surface area contributed by atoms with Gasteiger partial charge in [0.1, 0.15) is 12.0 Å². The molecule has 3 heterocycles. The number of aliphatic hydroxyl groups excluding tert-OH is 1. The van der Waals surface area contributed by atoms with Crippen LogP contribution in [-0.2, 0) is 0 Å². The zero-order valence-electron chi connectivity index (χ0n) is 10.8. The van der Waals surface area contributed by atoms with Crippen LogP contribution in [0, 0.1) is 17.0 Å². The Kier molecular flexibility index (Phi) is 2.89. The predicted octanol–water partition coefficient (Wildman–Crippen LogP) is 1.79. The largest absolute Gasteiger partial charge is 0.393 e. The molecule has 0 radical (unpaired) electrons. The molecule has 0 saturated carbocycles. The molecule has 1 aromatic rings. The molecular weight excluding hydrogens is 246 g/mol. The molecular formula is C13H17N3O3.